The normalized spacial score (nSPS) is 22.5. The molecule has 0 aromatic heterocycles. The first kappa shape index (κ1) is 15.5. The van der Waals surface area contributed by atoms with Gasteiger partial charge in [-0.1, -0.05) is 6.07 Å². The summed E-state index contributed by atoms with van der Waals surface area (Å²) in [5.74, 6) is 0.436. The molecule has 2 unspecified atom stereocenters. The molecule has 0 spiro atoms. The number of carbonyl (C=O) groups is 1. The topological polar surface area (TPSA) is 82.2 Å². The van der Waals surface area contributed by atoms with Gasteiger partial charge >= 0.3 is 0 Å². The number of hydrogen-bond acceptors (Lipinski definition) is 4. The number of rotatable bonds is 4. The molecule has 1 aliphatic rings. The zero-order valence-electron chi connectivity index (χ0n) is 12.4. The van der Waals surface area contributed by atoms with Crippen LogP contribution in [0.15, 0.2) is 24.3 Å². The minimum atomic E-state index is -0.0467. The molecule has 1 amide bonds. The maximum atomic E-state index is 12.2. The molecule has 1 aromatic carbocycles. The minimum absolute atomic E-state index is 0.0467. The molecule has 1 saturated heterocycles. The van der Waals surface area contributed by atoms with Crippen molar-refractivity contribution in [3.8, 4) is 6.07 Å². The molecule has 1 fully saturated rings. The Labute approximate surface area is 125 Å². The van der Waals surface area contributed by atoms with Crippen LogP contribution in [0.2, 0.25) is 0 Å². The molecule has 0 saturated carbocycles. The van der Waals surface area contributed by atoms with Crippen LogP contribution in [0.3, 0.4) is 0 Å². The molecule has 112 valence electrons. The number of nitriles is 1. The van der Waals surface area contributed by atoms with E-state index in [2.05, 4.69) is 23.2 Å². The van der Waals surface area contributed by atoms with Crippen LogP contribution in [-0.2, 0) is 4.79 Å². The van der Waals surface area contributed by atoms with Crippen LogP contribution in [0.25, 0.3) is 0 Å². The quantitative estimate of drug-likeness (QED) is 0.880. The van der Waals surface area contributed by atoms with Crippen molar-refractivity contribution < 1.29 is 4.79 Å². The largest absolute Gasteiger partial charge is 0.330 e. The Kier molecular flexibility index (Phi) is 5.32. The zero-order chi connectivity index (χ0) is 15.2. The highest BCUT2D eigenvalue weighted by Gasteiger charge is 2.25. The molecule has 1 heterocycles. The Morgan fingerprint density at radius 1 is 1.52 bits per heavy atom. The number of anilines is 1. The number of nitrogens with two attached hydrogens (primary N) is 1. The molecular formula is C16H22N4O. The SMILES string of the molecule is CC1CCC(CN)CN1CC(=O)Nc1cccc(C#N)c1. The maximum Gasteiger partial charge on any atom is 0.238 e. The first-order valence-corrected chi connectivity index (χ1v) is 7.36. The van der Waals surface area contributed by atoms with Gasteiger partial charge in [0.15, 0.2) is 0 Å². The summed E-state index contributed by atoms with van der Waals surface area (Å²) >= 11 is 0. The average Bonchev–Trinajstić information content (AvgIpc) is 2.49. The lowest BCUT2D eigenvalue weighted by molar-refractivity contribution is -0.118. The number of carbonyl (C=O) groups excluding carboxylic acids is 1. The molecular weight excluding hydrogens is 264 g/mol. The van der Waals surface area contributed by atoms with Crippen LogP contribution in [0, 0.1) is 17.2 Å². The van der Waals surface area contributed by atoms with E-state index < -0.39 is 0 Å². The van der Waals surface area contributed by atoms with E-state index in [1.807, 2.05) is 0 Å². The number of likely N-dealkylation sites (tertiary alicyclic amines) is 1. The molecule has 2 rings (SSSR count). The number of nitrogens with one attached hydrogen (secondary N) is 1. The second-order valence-corrected chi connectivity index (χ2v) is 5.70. The van der Waals surface area contributed by atoms with Crippen molar-refractivity contribution in [2.75, 3.05) is 25.0 Å². The second-order valence-electron chi connectivity index (χ2n) is 5.70. The van der Waals surface area contributed by atoms with E-state index >= 15 is 0 Å². The van der Waals surface area contributed by atoms with Crippen LogP contribution in [0.5, 0.6) is 0 Å². The van der Waals surface area contributed by atoms with Gasteiger partial charge in [-0.3, -0.25) is 9.69 Å². The van der Waals surface area contributed by atoms with Crippen LogP contribution < -0.4 is 11.1 Å². The molecule has 3 N–H and O–H groups in total. The summed E-state index contributed by atoms with van der Waals surface area (Å²) in [7, 11) is 0. The van der Waals surface area contributed by atoms with Gasteiger partial charge in [-0.15, -0.1) is 0 Å². The van der Waals surface area contributed by atoms with E-state index in [4.69, 9.17) is 11.0 Å². The van der Waals surface area contributed by atoms with E-state index in [1.54, 1.807) is 24.3 Å². The van der Waals surface area contributed by atoms with Gasteiger partial charge < -0.3 is 11.1 Å². The zero-order valence-corrected chi connectivity index (χ0v) is 12.4. The van der Waals surface area contributed by atoms with Crippen LogP contribution in [-0.4, -0.2) is 36.5 Å². The van der Waals surface area contributed by atoms with E-state index in [1.165, 1.54) is 0 Å². The van der Waals surface area contributed by atoms with Crippen LogP contribution in [0.1, 0.15) is 25.3 Å². The third-order valence-corrected chi connectivity index (χ3v) is 4.06. The lowest BCUT2D eigenvalue weighted by Gasteiger charge is -2.37. The molecule has 0 bridgehead atoms. The first-order chi connectivity index (χ1) is 10.1. The lowest BCUT2D eigenvalue weighted by atomic mass is 9.93. The maximum absolute atomic E-state index is 12.2. The van der Waals surface area contributed by atoms with Crippen molar-refractivity contribution in [3.63, 3.8) is 0 Å². The van der Waals surface area contributed by atoms with Gasteiger partial charge in [0.25, 0.3) is 0 Å². The molecule has 5 heteroatoms. The average molecular weight is 286 g/mol. The fraction of sp³-hybridized carbons (Fsp3) is 0.500. The van der Waals surface area contributed by atoms with E-state index in [0.717, 1.165) is 19.4 Å². The Balaban J connectivity index is 1.93. The lowest BCUT2D eigenvalue weighted by Crippen LogP contribution is -2.47. The molecule has 1 aromatic rings. The molecule has 5 nitrogen and oxygen atoms in total. The highest BCUT2D eigenvalue weighted by atomic mass is 16.2. The number of amides is 1. The summed E-state index contributed by atoms with van der Waals surface area (Å²) in [6, 6.07) is 9.43. The number of benzene rings is 1. The van der Waals surface area contributed by atoms with E-state index in [9.17, 15) is 4.79 Å². The number of hydrogen-bond donors (Lipinski definition) is 2. The minimum Gasteiger partial charge on any atom is -0.330 e. The summed E-state index contributed by atoms with van der Waals surface area (Å²) in [5.41, 5.74) is 6.95. The second kappa shape index (κ2) is 7.21. The van der Waals surface area contributed by atoms with Gasteiger partial charge in [-0.2, -0.15) is 5.26 Å². The Morgan fingerprint density at radius 3 is 3.05 bits per heavy atom. The number of piperidine rings is 1. The van der Waals surface area contributed by atoms with Gasteiger partial charge in [0.05, 0.1) is 18.2 Å². The monoisotopic (exact) mass is 286 g/mol. The summed E-state index contributed by atoms with van der Waals surface area (Å²) < 4.78 is 0. The third-order valence-electron chi connectivity index (χ3n) is 4.06. The number of nitrogens with zero attached hydrogens (tertiary/aromatic N) is 2. The highest BCUT2D eigenvalue weighted by molar-refractivity contribution is 5.92. The Hall–Kier alpha value is -1.90. The van der Waals surface area contributed by atoms with Crippen molar-refractivity contribution in [1.82, 2.24) is 4.90 Å². The molecule has 2 atom stereocenters. The fourth-order valence-corrected chi connectivity index (χ4v) is 2.73. The van der Waals surface area contributed by atoms with Gasteiger partial charge in [0.2, 0.25) is 5.91 Å². The molecule has 0 radical (unpaired) electrons. The van der Waals surface area contributed by atoms with Crippen LogP contribution in [0.4, 0.5) is 5.69 Å². The first-order valence-electron chi connectivity index (χ1n) is 7.36. The van der Waals surface area contributed by atoms with Gasteiger partial charge in [0.1, 0.15) is 0 Å². The summed E-state index contributed by atoms with van der Waals surface area (Å²) in [5, 5.41) is 11.7. The van der Waals surface area contributed by atoms with Crippen molar-refractivity contribution in [1.29, 1.82) is 5.26 Å². The van der Waals surface area contributed by atoms with E-state index in [0.29, 0.717) is 36.3 Å². The summed E-state index contributed by atoms with van der Waals surface area (Å²) in [6.45, 7) is 4.07. The predicted octanol–water partition coefficient (Wildman–Crippen LogP) is 1.56. The predicted molar refractivity (Wildman–Crippen MR) is 82.6 cm³/mol. The molecule has 21 heavy (non-hydrogen) atoms. The van der Waals surface area contributed by atoms with Crippen molar-refractivity contribution >= 4 is 11.6 Å². The molecule has 0 aliphatic carbocycles. The summed E-state index contributed by atoms with van der Waals surface area (Å²) in [6.07, 6.45) is 2.22. The Morgan fingerprint density at radius 2 is 2.33 bits per heavy atom. The van der Waals surface area contributed by atoms with Crippen molar-refractivity contribution in [2.24, 2.45) is 11.7 Å². The van der Waals surface area contributed by atoms with Gasteiger partial charge in [-0.05, 0) is 50.4 Å². The van der Waals surface area contributed by atoms with Crippen LogP contribution >= 0.6 is 0 Å². The Bertz CT molecular complexity index is 537. The third kappa shape index (κ3) is 4.28. The fourth-order valence-electron chi connectivity index (χ4n) is 2.73. The summed E-state index contributed by atoms with van der Waals surface area (Å²) in [4.78, 5) is 14.3. The standard InChI is InChI=1S/C16H22N4O/c1-12-5-6-14(9-18)10-20(12)11-16(21)19-15-4-2-3-13(7-15)8-17/h2-4,7,12,14H,5-6,9-11,18H2,1H3,(H,19,21). The van der Waals surface area contributed by atoms with Gasteiger partial charge in [-0.25, -0.2) is 0 Å². The van der Waals surface area contributed by atoms with Gasteiger partial charge in [0, 0.05) is 18.3 Å². The van der Waals surface area contributed by atoms with Crippen molar-refractivity contribution in [2.45, 2.75) is 25.8 Å². The van der Waals surface area contributed by atoms with E-state index in [-0.39, 0.29) is 5.91 Å². The van der Waals surface area contributed by atoms with Crippen molar-refractivity contribution in [3.05, 3.63) is 29.8 Å². The smallest absolute Gasteiger partial charge is 0.238 e. The highest BCUT2D eigenvalue weighted by Crippen LogP contribution is 2.21. The molecule has 1 aliphatic heterocycles.